The van der Waals surface area contributed by atoms with E-state index >= 15 is 0 Å². The highest BCUT2D eigenvalue weighted by Gasteiger charge is 2.37. The van der Waals surface area contributed by atoms with Crippen molar-refractivity contribution in [1.29, 1.82) is 0 Å². The summed E-state index contributed by atoms with van der Waals surface area (Å²) in [4.78, 5) is 2.40. The van der Waals surface area contributed by atoms with Gasteiger partial charge in [0.2, 0.25) is 0 Å². The van der Waals surface area contributed by atoms with Crippen LogP contribution in [0, 0.1) is 0 Å². The van der Waals surface area contributed by atoms with Crippen LogP contribution in [0.25, 0.3) is 0 Å². The van der Waals surface area contributed by atoms with Crippen LogP contribution in [0.15, 0.2) is 11.6 Å². The summed E-state index contributed by atoms with van der Waals surface area (Å²) >= 11 is 11.9. The van der Waals surface area contributed by atoms with Gasteiger partial charge in [-0.05, 0) is 12.0 Å². The summed E-state index contributed by atoms with van der Waals surface area (Å²) in [6.45, 7) is 2.19. The predicted octanol–water partition coefficient (Wildman–Crippen LogP) is 1.85. The van der Waals surface area contributed by atoms with Gasteiger partial charge < -0.3 is 0 Å². The van der Waals surface area contributed by atoms with E-state index < -0.39 is 0 Å². The average Bonchev–Trinajstić information content (AvgIpc) is 2.54. The highest BCUT2D eigenvalue weighted by Crippen LogP contribution is 2.32. The lowest BCUT2D eigenvalue weighted by atomic mass is 10.1. The molecule has 2 heterocycles. The standard InChI is InChI=1S/C8H11Cl2N/c9-5-6-1-3-11-4-2-7(10)8(6)11/h1,7-8H,2-5H2. The number of hydrogen-bond donors (Lipinski definition) is 0. The van der Waals surface area contributed by atoms with Crippen LogP contribution in [0.3, 0.4) is 0 Å². The molecule has 62 valence electrons. The molecule has 0 saturated carbocycles. The van der Waals surface area contributed by atoms with Crippen molar-refractivity contribution in [2.45, 2.75) is 17.8 Å². The van der Waals surface area contributed by atoms with Crippen LogP contribution in [-0.4, -0.2) is 35.3 Å². The third-order valence-electron chi connectivity index (χ3n) is 2.55. The molecule has 0 amide bonds. The molecule has 3 heteroatoms. The van der Waals surface area contributed by atoms with Crippen LogP contribution >= 0.6 is 23.2 Å². The molecule has 0 N–H and O–H groups in total. The van der Waals surface area contributed by atoms with Gasteiger partial charge in [-0.1, -0.05) is 6.08 Å². The van der Waals surface area contributed by atoms with E-state index in [0.29, 0.717) is 17.3 Å². The Labute approximate surface area is 77.0 Å². The van der Waals surface area contributed by atoms with Crippen molar-refractivity contribution in [2.24, 2.45) is 0 Å². The summed E-state index contributed by atoms with van der Waals surface area (Å²) in [5.41, 5.74) is 1.32. The van der Waals surface area contributed by atoms with Crippen molar-refractivity contribution in [3.8, 4) is 0 Å². The molecule has 2 rings (SSSR count). The van der Waals surface area contributed by atoms with Gasteiger partial charge >= 0.3 is 0 Å². The summed E-state index contributed by atoms with van der Waals surface area (Å²) < 4.78 is 0. The van der Waals surface area contributed by atoms with Gasteiger partial charge in [-0.15, -0.1) is 23.2 Å². The second kappa shape index (κ2) is 2.96. The summed E-state index contributed by atoms with van der Waals surface area (Å²) in [7, 11) is 0. The Kier molecular flexibility index (Phi) is 2.13. The minimum absolute atomic E-state index is 0.294. The molecule has 2 atom stereocenters. The SMILES string of the molecule is ClCC1=CCN2CCC(Cl)C12. The van der Waals surface area contributed by atoms with Crippen molar-refractivity contribution < 1.29 is 0 Å². The molecule has 0 aromatic carbocycles. The zero-order valence-corrected chi connectivity index (χ0v) is 7.78. The lowest BCUT2D eigenvalue weighted by molar-refractivity contribution is 0.338. The molecular formula is C8H11Cl2N. The Balaban J connectivity index is 2.15. The van der Waals surface area contributed by atoms with E-state index in [1.807, 2.05) is 0 Å². The van der Waals surface area contributed by atoms with Gasteiger partial charge in [0, 0.05) is 25.0 Å². The molecule has 0 aliphatic carbocycles. The van der Waals surface area contributed by atoms with Gasteiger partial charge in [-0.2, -0.15) is 0 Å². The maximum absolute atomic E-state index is 6.15. The van der Waals surface area contributed by atoms with Crippen LogP contribution in [0.1, 0.15) is 6.42 Å². The Morgan fingerprint density at radius 1 is 1.64 bits per heavy atom. The first-order chi connectivity index (χ1) is 5.33. The topological polar surface area (TPSA) is 3.24 Å². The molecule has 2 aliphatic heterocycles. The first-order valence-electron chi connectivity index (χ1n) is 3.96. The minimum Gasteiger partial charge on any atom is -0.291 e. The van der Waals surface area contributed by atoms with Crippen LogP contribution < -0.4 is 0 Å². The molecule has 11 heavy (non-hydrogen) atoms. The largest absolute Gasteiger partial charge is 0.291 e. The number of fused-ring (bicyclic) bond motifs is 1. The number of alkyl halides is 2. The number of halogens is 2. The second-order valence-electron chi connectivity index (χ2n) is 3.16. The van der Waals surface area contributed by atoms with E-state index in [1.54, 1.807) is 0 Å². The zero-order valence-electron chi connectivity index (χ0n) is 6.26. The Morgan fingerprint density at radius 3 is 3.18 bits per heavy atom. The third kappa shape index (κ3) is 1.20. The molecule has 0 aromatic rings. The second-order valence-corrected chi connectivity index (χ2v) is 3.98. The van der Waals surface area contributed by atoms with Crippen molar-refractivity contribution in [1.82, 2.24) is 4.90 Å². The van der Waals surface area contributed by atoms with Crippen LogP contribution in [0.5, 0.6) is 0 Å². The predicted molar refractivity (Wildman–Crippen MR) is 48.4 cm³/mol. The first-order valence-corrected chi connectivity index (χ1v) is 4.93. The third-order valence-corrected chi connectivity index (χ3v) is 3.32. The van der Waals surface area contributed by atoms with Crippen LogP contribution in [0.2, 0.25) is 0 Å². The normalized spacial score (nSPS) is 37.5. The fourth-order valence-corrected chi connectivity index (χ4v) is 2.66. The van der Waals surface area contributed by atoms with Crippen molar-refractivity contribution in [2.75, 3.05) is 19.0 Å². The maximum atomic E-state index is 6.15. The lowest BCUT2D eigenvalue weighted by Crippen LogP contribution is -2.30. The monoisotopic (exact) mass is 191 g/mol. The van der Waals surface area contributed by atoms with Gasteiger partial charge in [0.05, 0.1) is 5.38 Å². The smallest absolute Gasteiger partial charge is 0.0542 e. The Morgan fingerprint density at radius 2 is 2.45 bits per heavy atom. The molecule has 0 spiro atoms. The van der Waals surface area contributed by atoms with Crippen LogP contribution in [-0.2, 0) is 0 Å². The summed E-state index contributed by atoms with van der Waals surface area (Å²) in [5.74, 6) is 0.643. The van der Waals surface area contributed by atoms with E-state index in [9.17, 15) is 0 Å². The van der Waals surface area contributed by atoms with E-state index in [0.717, 1.165) is 19.5 Å². The van der Waals surface area contributed by atoms with Gasteiger partial charge in [-0.3, -0.25) is 4.90 Å². The quantitative estimate of drug-likeness (QED) is 0.452. The van der Waals surface area contributed by atoms with Crippen molar-refractivity contribution in [3.63, 3.8) is 0 Å². The number of hydrogen-bond acceptors (Lipinski definition) is 1. The van der Waals surface area contributed by atoms with E-state index in [4.69, 9.17) is 23.2 Å². The van der Waals surface area contributed by atoms with E-state index in [-0.39, 0.29) is 0 Å². The molecular weight excluding hydrogens is 181 g/mol. The highest BCUT2D eigenvalue weighted by atomic mass is 35.5. The average molecular weight is 192 g/mol. The molecule has 1 nitrogen and oxygen atoms in total. The van der Waals surface area contributed by atoms with E-state index in [2.05, 4.69) is 11.0 Å². The fourth-order valence-electron chi connectivity index (χ4n) is 1.98. The molecule has 1 saturated heterocycles. The molecule has 0 aromatic heterocycles. The molecule has 0 radical (unpaired) electrons. The highest BCUT2D eigenvalue weighted by molar-refractivity contribution is 6.22. The zero-order chi connectivity index (χ0) is 7.84. The molecule has 2 aliphatic rings. The number of rotatable bonds is 1. The Bertz CT molecular complexity index is 191. The van der Waals surface area contributed by atoms with Gasteiger partial charge in [-0.25, -0.2) is 0 Å². The summed E-state index contributed by atoms with van der Waals surface area (Å²) in [5, 5.41) is 0.294. The summed E-state index contributed by atoms with van der Waals surface area (Å²) in [6.07, 6.45) is 3.33. The molecule has 2 unspecified atom stereocenters. The van der Waals surface area contributed by atoms with Crippen LogP contribution in [0.4, 0.5) is 0 Å². The molecule has 0 bridgehead atoms. The number of nitrogens with zero attached hydrogens (tertiary/aromatic N) is 1. The Hall–Kier alpha value is 0.280. The summed E-state index contributed by atoms with van der Waals surface area (Å²) in [6, 6.07) is 0.453. The molecule has 1 fully saturated rings. The fraction of sp³-hybridized carbons (Fsp3) is 0.750. The maximum Gasteiger partial charge on any atom is 0.0542 e. The van der Waals surface area contributed by atoms with Crippen molar-refractivity contribution >= 4 is 23.2 Å². The van der Waals surface area contributed by atoms with Gasteiger partial charge in [0.1, 0.15) is 0 Å². The van der Waals surface area contributed by atoms with Gasteiger partial charge in [0.25, 0.3) is 0 Å². The van der Waals surface area contributed by atoms with E-state index in [1.165, 1.54) is 5.57 Å². The van der Waals surface area contributed by atoms with Crippen molar-refractivity contribution in [3.05, 3.63) is 11.6 Å². The van der Waals surface area contributed by atoms with Gasteiger partial charge in [0.15, 0.2) is 0 Å². The minimum atomic E-state index is 0.294. The first kappa shape index (κ1) is 7.90. The lowest BCUT2D eigenvalue weighted by Gasteiger charge is -2.18.